The lowest BCUT2D eigenvalue weighted by Crippen LogP contribution is -2.20. The molecule has 1 aliphatic rings. The molecule has 94 valence electrons. The highest BCUT2D eigenvalue weighted by molar-refractivity contribution is 6.01. The number of esters is 1. The van der Waals surface area contributed by atoms with Gasteiger partial charge in [-0.2, -0.15) is 0 Å². The van der Waals surface area contributed by atoms with Crippen LogP contribution in [-0.4, -0.2) is 36.7 Å². The first-order chi connectivity index (χ1) is 8.01. The Morgan fingerprint density at radius 3 is 2.65 bits per heavy atom. The Morgan fingerprint density at radius 1 is 1.47 bits per heavy atom. The maximum Gasteiger partial charge on any atom is 0.334 e. The molecular weight excluding hydrogens is 224 g/mol. The van der Waals surface area contributed by atoms with Crippen LogP contribution < -0.4 is 0 Å². The number of rotatable bonds is 3. The lowest BCUT2D eigenvalue weighted by atomic mass is 10.0. The summed E-state index contributed by atoms with van der Waals surface area (Å²) in [4.78, 5) is 23.2. The third-order valence-corrected chi connectivity index (χ3v) is 2.47. The van der Waals surface area contributed by atoms with Gasteiger partial charge in [-0.25, -0.2) is 4.79 Å². The average molecular weight is 240 g/mol. The van der Waals surface area contributed by atoms with E-state index in [1.54, 1.807) is 13.8 Å². The van der Waals surface area contributed by atoms with E-state index in [4.69, 9.17) is 9.47 Å². The van der Waals surface area contributed by atoms with Crippen molar-refractivity contribution in [1.82, 2.24) is 0 Å². The Labute approximate surface area is 99.7 Å². The van der Waals surface area contributed by atoms with Crippen molar-refractivity contribution in [2.75, 3.05) is 13.7 Å². The normalized spacial score (nSPS) is 24.6. The van der Waals surface area contributed by atoms with Gasteiger partial charge in [-0.1, -0.05) is 6.92 Å². The predicted octanol–water partition coefficient (Wildman–Crippen LogP) is 0.586. The number of methoxy groups -OCH3 is 1. The number of aliphatic hydroxyl groups excluding tert-OH is 1. The second-order valence-corrected chi connectivity index (χ2v) is 3.68. The zero-order chi connectivity index (χ0) is 13.0. The van der Waals surface area contributed by atoms with Crippen LogP contribution >= 0.6 is 0 Å². The fourth-order valence-electron chi connectivity index (χ4n) is 1.58. The minimum Gasteiger partial charge on any atom is -0.493 e. The summed E-state index contributed by atoms with van der Waals surface area (Å²) in [5, 5.41) is 9.61. The van der Waals surface area contributed by atoms with E-state index in [0.29, 0.717) is 0 Å². The predicted molar refractivity (Wildman–Crippen MR) is 60.0 cm³/mol. The molecule has 0 radical (unpaired) electrons. The molecule has 0 aromatic heterocycles. The molecule has 0 aromatic rings. The molecule has 0 bridgehead atoms. The quantitative estimate of drug-likeness (QED) is 0.731. The van der Waals surface area contributed by atoms with Gasteiger partial charge in [0, 0.05) is 11.5 Å². The third-order valence-electron chi connectivity index (χ3n) is 2.47. The number of ketones is 1. The van der Waals surface area contributed by atoms with Gasteiger partial charge in [-0.05, 0) is 19.1 Å². The first-order valence-electron chi connectivity index (χ1n) is 5.38. The minimum absolute atomic E-state index is 0.0561. The van der Waals surface area contributed by atoms with Crippen molar-refractivity contribution < 1.29 is 24.2 Å². The van der Waals surface area contributed by atoms with Crippen molar-refractivity contribution in [1.29, 1.82) is 0 Å². The number of carbonyl (C=O) groups is 2. The molecular formula is C12H16O5. The number of aliphatic hydroxyl groups is 1. The van der Waals surface area contributed by atoms with Crippen LogP contribution in [0.5, 0.6) is 0 Å². The first kappa shape index (κ1) is 13.4. The molecule has 1 rings (SSSR count). The van der Waals surface area contributed by atoms with Crippen LogP contribution in [-0.2, 0) is 19.1 Å². The van der Waals surface area contributed by atoms with Crippen molar-refractivity contribution in [3.05, 3.63) is 23.5 Å². The van der Waals surface area contributed by atoms with Gasteiger partial charge in [0.15, 0.2) is 5.76 Å². The van der Waals surface area contributed by atoms with Gasteiger partial charge in [0.2, 0.25) is 5.78 Å². The Kier molecular flexibility index (Phi) is 4.45. The molecule has 2 unspecified atom stereocenters. The molecule has 0 saturated carbocycles. The Bertz CT molecular complexity index is 380. The zero-order valence-electron chi connectivity index (χ0n) is 10.1. The maximum absolute atomic E-state index is 11.6. The summed E-state index contributed by atoms with van der Waals surface area (Å²) in [5.41, 5.74) is 0.264. The maximum atomic E-state index is 11.6. The summed E-state index contributed by atoms with van der Waals surface area (Å²) in [6, 6.07) is 0. The fraction of sp³-hybridized carbons (Fsp3) is 0.500. The lowest BCUT2D eigenvalue weighted by molar-refractivity contribution is -0.139. The highest BCUT2D eigenvalue weighted by Crippen LogP contribution is 2.22. The number of hydrogen-bond donors (Lipinski definition) is 1. The smallest absolute Gasteiger partial charge is 0.334 e. The van der Waals surface area contributed by atoms with Gasteiger partial charge in [-0.15, -0.1) is 0 Å². The first-order valence-corrected chi connectivity index (χ1v) is 5.38. The molecule has 5 heteroatoms. The second-order valence-electron chi connectivity index (χ2n) is 3.68. The van der Waals surface area contributed by atoms with E-state index in [2.05, 4.69) is 0 Å². The van der Waals surface area contributed by atoms with Gasteiger partial charge in [0.25, 0.3) is 0 Å². The summed E-state index contributed by atoms with van der Waals surface area (Å²) in [7, 11) is 1.35. The van der Waals surface area contributed by atoms with Crippen LogP contribution in [0.2, 0.25) is 0 Å². The number of ether oxygens (including phenoxy) is 2. The van der Waals surface area contributed by atoms with Crippen LogP contribution in [0.1, 0.15) is 13.8 Å². The monoisotopic (exact) mass is 240 g/mol. The zero-order valence-corrected chi connectivity index (χ0v) is 10.1. The summed E-state index contributed by atoms with van der Waals surface area (Å²) in [6.45, 7) is 3.67. The molecule has 5 nitrogen and oxygen atoms in total. The molecule has 0 spiro atoms. The van der Waals surface area contributed by atoms with Gasteiger partial charge in [0.05, 0.1) is 13.7 Å². The van der Waals surface area contributed by atoms with E-state index in [1.807, 2.05) is 0 Å². The fourth-order valence-corrected chi connectivity index (χ4v) is 1.58. The average Bonchev–Trinajstić information content (AvgIpc) is 2.40. The van der Waals surface area contributed by atoms with Crippen molar-refractivity contribution in [2.24, 2.45) is 5.92 Å². The van der Waals surface area contributed by atoms with Crippen molar-refractivity contribution in [2.45, 2.75) is 20.0 Å². The third kappa shape index (κ3) is 2.94. The number of allylic oxidation sites excluding steroid dienone is 1. The molecule has 1 aliphatic carbocycles. The summed E-state index contributed by atoms with van der Waals surface area (Å²) < 4.78 is 9.74. The van der Waals surface area contributed by atoms with Crippen LogP contribution in [0.4, 0.5) is 0 Å². The summed E-state index contributed by atoms with van der Waals surface area (Å²) in [6.07, 6.45) is 1.35. The summed E-state index contributed by atoms with van der Waals surface area (Å²) in [5.74, 6) is -1.37. The van der Waals surface area contributed by atoms with Gasteiger partial charge in [0.1, 0.15) is 6.10 Å². The van der Waals surface area contributed by atoms with Crippen LogP contribution in [0.15, 0.2) is 23.5 Å². The van der Waals surface area contributed by atoms with E-state index in [9.17, 15) is 14.7 Å². The van der Waals surface area contributed by atoms with Crippen molar-refractivity contribution >= 4 is 11.8 Å². The number of carbonyl (C=O) groups excluding carboxylic acids is 2. The van der Waals surface area contributed by atoms with Crippen LogP contribution in [0.3, 0.4) is 0 Å². The molecule has 2 atom stereocenters. The number of hydrogen-bond acceptors (Lipinski definition) is 5. The molecule has 17 heavy (non-hydrogen) atoms. The van der Waals surface area contributed by atoms with Gasteiger partial charge < -0.3 is 14.6 Å². The van der Waals surface area contributed by atoms with Gasteiger partial charge in [-0.3, -0.25) is 4.79 Å². The summed E-state index contributed by atoms with van der Waals surface area (Å²) >= 11 is 0. The number of Topliss-reactive ketones (excluding diaryl/α,β-unsaturated/α-hetero) is 1. The molecule has 0 aliphatic heterocycles. The Balaban J connectivity index is 3.07. The molecule has 0 fully saturated rings. The van der Waals surface area contributed by atoms with E-state index < -0.39 is 17.9 Å². The van der Waals surface area contributed by atoms with Gasteiger partial charge >= 0.3 is 5.97 Å². The highest BCUT2D eigenvalue weighted by atomic mass is 16.5. The second kappa shape index (κ2) is 5.63. The molecule has 0 amide bonds. The minimum atomic E-state index is -1.37. The van der Waals surface area contributed by atoms with E-state index in [0.717, 1.165) is 0 Å². The van der Waals surface area contributed by atoms with E-state index >= 15 is 0 Å². The van der Waals surface area contributed by atoms with Crippen LogP contribution in [0.25, 0.3) is 0 Å². The molecule has 0 aromatic carbocycles. The molecule has 0 saturated heterocycles. The molecule has 0 heterocycles. The molecule has 1 N–H and O–H groups in total. The topological polar surface area (TPSA) is 72.8 Å². The van der Waals surface area contributed by atoms with Crippen molar-refractivity contribution in [3.8, 4) is 0 Å². The Morgan fingerprint density at radius 2 is 2.12 bits per heavy atom. The SMILES string of the molecule is CCOC(=O)C1=CC(O)C(=O)C(OC)=CC1C. The van der Waals surface area contributed by atoms with E-state index in [1.165, 1.54) is 19.3 Å². The lowest BCUT2D eigenvalue weighted by Gasteiger charge is -2.10. The largest absolute Gasteiger partial charge is 0.493 e. The van der Waals surface area contributed by atoms with Crippen LogP contribution in [0, 0.1) is 5.92 Å². The van der Waals surface area contributed by atoms with E-state index in [-0.39, 0.29) is 23.9 Å². The highest BCUT2D eigenvalue weighted by Gasteiger charge is 2.28. The Hall–Kier alpha value is -1.62. The van der Waals surface area contributed by atoms with Crippen molar-refractivity contribution in [3.63, 3.8) is 0 Å². The standard InChI is InChI=1S/C12H16O5/c1-4-17-12(15)8-6-9(13)11(14)10(16-3)5-7(8)2/h5-7,9,13H,4H2,1-3H3.